The van der Waals surface area contributed by atoms with Crippen LogP contribution in [0.4, 0.5) is 0 Å². The fourth-order valence-corrected chi connectivity index (χ4v) is 4.73. The van der Waals surface area contributed by atoms with E-state index in [1.54, 1.807) is 43.3 Å². The molecule has 0 unspecified atom stereocenters. The van der Waals surface area contributed by atoms with Crippen molar-refractivity contribution in [1.82, 2.24) is 5.32 Å². The molecule has 4 N–H and O–H groups in total. The number of nitriles is 1. The van der Waals surface area contributed by atoms with Crippen molar-refractivity contribution in [3.63, 3.8) is 0 Å². The van der Waals surface area contributed by atoms with E-state index in [4.69, 9.17) is 4.74 Å². The first-order valence-corrected chi connectivity index (χ1v) is 15.7. The molecule has 0 radical (unpaired) electrons. The van der Waals surface area contributed by atoms with Gasteiger partial charge in [0, 0.05) is 19.3 Å². The van der Waals surface area contributed by atoms with E-state index in [0.717, 1.165) is 32.1 Å². The van der Waals surface area contributed by atoms with Gasteiger partial charge in [0.15, 0.2) is 5.60 Å². The number of hydrogen-bond donors (Lipinski definition) is 4. The molecule has 0 saturated heterocycles. The maximum atomic E-state index is 13.2. The zero-order valence-electron chi connectivity index (χ0n) is 26.6. The maximum absolute atomic E-state index is 13.2. The zero-order chi connectivity index (χ0) is 33.5. The highest BCUT2D eigenvalue weighted by Crippen LogP contribution is 2.25. The third kappa shape index (κ3) is 15.4. The Bertz CT molecular complexity index is 1210. The second-order valence-electron chi connectivity index (χ2n) is 11.1. The monoisotopic (exact) mass is 624 g/mol. The highest BCUT2D eigenvalue weighted by atomic mass is 16.5. The summed E-state index contributed by atoms with van der Waals surface area (Å²) >= 11 is 0. The number of benzene rings is 1. The van der Waals surface area contributed by atoms with Gasteiger partial charge in [-0.2, -0.15) is 5.26 Å². The number of carboxylic acids is 2. The van der Waals surface area contributed by atoms with Gasteiger partial charge in [0.25, 0.3) is 0 Å². The molecule has 0 aliphatic heterocycles. The molecule has 0 aliphatic rings. The molecule has 0 heterocycles. The van der Waals surface area contributed by atoms with Gasteiger partial charge in [-0.15, -0.1) is 5.92 Å². The number of aliphatic carboxylic acids is 2. The number of aliphatic hydroxyl groups is 1. The highest BCUT2D eigenvalue weighted by molar-refractivity contribution is 5.92. The first-order chi connectivity index (χ1) is 21.6. The number of carbonyl (C=O) groups excluding carboxylic acids is 2. The normalized spacial score (nSPS) is 13.5. The molecule has 0 saturated carbocycles. The van der Waals surface area contributed by atoms with E-state index in [1.165, 1.54) is 25.3 Å². The number of allylic oxidation sites excluding steroid dienone is 1. The minimum absolute atomic E-state index is 0.113. The van der Waals surface area contributed by atoms with E-state index in [2.05, 4.69) is 24.1 Å². The number of ketones is 1. The van der Waals surface area contributed by atoms with Crippen LogP contribution in [0.1, 0.15) is 103 Å². The van der Waals surface area contributed by atoms with Crippen LogP contribution in [0, 0.1) is 29.1 Å². The molecule has 0 aliphatic carbocycles. The summed E-state index contributed by atoms with van der Waals surface area (Å²) in [5.74, 6) is 0.455. The molecule has 10 heteroatoms. The number of carboxylic acid groups (broad SMARTS) is 2. The summed E-state index contributed by atoms with van der Waals surface area (Å²) in [5, 5.41) is 41.9. The Morgan fingerprint density at radius 2 is 1.60 bits per heavy atom. The maximum Gasteiger partial charge on any atom is 0.337 e. The largest absolute Gasteiger partial charge is 0.481 e. The number of ether oxygens (including phenoxy) is 1. The first kappa shape index (κ1) is 38.9. The zero-order valence-corrected chi connectivity index (χ0v) is 26.6. The van der Waals surface area contributed by atoms with Crippen LogP contribution < -0.4 is 10.1 Å². The molecule has 0 fully saturated rings. The Morgan fingerprint density at radius 1 is 0.978 bits per heavy atom. The summed E-state index contributed by atoms with van der Waals surface area (Å²) in [6.45, 7) is 4.05. The number of rotatable bonds is 24. The lowest BCUT2D eigenvalue weighted by atomic mass is 9.83. The average Bonchev–Trinajstić information content (AvgIpc) is 3.00. The second-order valence-corrected chi connectivity index (χ2v) is 11.1. The Labute approximate surface area is 266 Å². The summed E-state index contributed by atoms with van der Waals surface area (Å²) < 4.78 is 5.45. The quantitative estimate of drug-likeness (QED) is 0.0669. The molecule has 3 atom stereocenters. The Kier molecular flexibility index (Phi) is 19.3. The molecule has 1 aromatic rings. The summed E-state index contributed by atoms with van der Waals surface area (Å²) in [6, 6.07) is 6.75. The fourth-order valence-electron chi connectivity index (χ4n) is 4.73. The molecule has 45 heavy (non-hydrogen) atoms. The first-order valence-electron chi connectivity index (χ1n) is 15.7. The SMILES string of the molecule is CC#CCOc1ccc(C[C@H](NC(=O)[C@@H](C=CCCCCCCC(=O)CCCCCCC)[C@@](O)(CC#N)C(=O)O)C(=O)O)cc1. The van der Waals surface area contributed by atoms with E-state index < -0.39 is 41.8 Å². The van der Waals surface area contributed by atoms with Gasteiger partial charge in [-0.05, 0) is 50.3 Å². The lowest BCUT2D eigenvalue weighted by Crippen LogP contribution is -2.54. The Hall–Kier alpha value is -4.15. The van der Waals surface area contributed by atoms with Crippen LogP contribution in [0.3, 0.4) is 0 Å². The fraction of sp³-hybridized carbons (Fsp3) is 0.571. The summed E-state index contributed by atoms with van der Waals surface area (Å²) in [5.41, 5.74) is -2.18. The molecule has 1 rings (SSSR count). The highest BCUT2D eigenvalue weighted by Gasteiger charge is 2.47. The van der Waals surface area contributed by atoms with Gasteiger partial charge < -0.3 is 25.4 Å². The van der Waals surface area contributed by atoms with Gasteiger partial charge in [-0.1, -0.05) is 75.7 Å². The van der Waals surface area contributed by atoms with Crippen molar-refractivity contribution in [1.29, 1.82) is 5.26 Å². The predicted molar refractivity (Wildman–Crippen MR) is 170 cm³/mol. The van der Waals surface area contributed by atoms with Gasteiger partial charge in [0.2, 0.25) is 5.91 Å². The standard InChI is InChI=1S/C35H48N2O8/c1-3-5-7-10-13-16-28(38)17-14-11-8-9-12-15-18-30(35(44,23-24-36)34(42)43)32(39)37-31(33(40)41)26-27-19-21-29(22-20-27)45-25-6-4-2/h15,18-22,30-31,44H,3,5,7-14,16-17,23,25-26H2,1-2H3,(H,37,39)(H,40,41)(H,42,43)/t30-,31+,35+/m1/s1. The van der Waals surface area contributed by atoms with E-state index in [9.17, 15) is 39.8 Å². The topological polar surface area (TPSA) is 174 Å². The predicted octanol–water partition coefficient (Wildman–Crippen LogP) is 5.37. The molecule has 10 nitrogen and oxygen atoms in total. The number of carbonyl (C=O) groups is 4. The molecule has 1 amide bonds. The minimum Gasteiger partial charge on any atom is -0.481 e. The lowest BCUT2D eigenvalue weighted by molar-refractivity contribution is -0.166. The van der Waals surface area contributed by atoms with E-state index in [-0.39, 0.29) is 18.8 Å². The number of unbranched alkanes of at least 4 members (excludes halogenated alkanes) is 8. The summed E-state index contributed by atoms with van der Waals surface area (Å²) in [4.78, 5) is 49.3. The molecule has 0 spiro atoms. The average molecular weight is 625 g/mol. The van der Waals surface area contributed by atoms with Crippen LogP contribution in [-0.2, 0) is 25.6 Å². The van der Waals surface area contributed by atoms with Crippen molar-refractivity contribution < 1.29 is 39.2 Å². The van der Waals surface area contributed by atoms with Crippen LogP contribution in [-0.4, -0.2) is 57.2 Å². The third-order valence-corrected chi connectivity index (χ3v) is 7.45. The van der Waals surface area contributed by atoms with E-state index in [1.807, 2.05) is 0 Å². The third-order valence-electron chi connectivity index (χ3n) is 7.45. The number of nitrogens with zero attached hydrogens (tertiary/aromatic N) is 1. The smallest absolute Gasteiger partial charge is 0.337 e. The van der Waals surface area contributed by atoms with E-state index >= 15 is 0 Å². The van der Waals surface area contributed by atoms with Crippen LogP contribution >= 0.6 is 0 Å². The molecular weight excluding hydrogens is 576 g/mol. The van der Waals surface area contributed by atoms with Gasteiger partial charge in [0.05, 0.1) is 18.4 Å². The van der Waals surface area contributed by atoms with Crippen molar-refractivity contribution in [2.24, 2.45) is 5.92 Å². The Morgan fingerprint density at radius 3 is 2.16 bits per heavy atom. The van der Waals surface area contributed by atoms with Gasteiger partial charge in [-0.3, -0.25) is 9.59 Å². The van der Waals surface area contributed by atoms with E-state index in [0.29, 0.717) is 37.0 Å². The summed E-state index contributed by atoms with van der Waals surface area (Å²) in [6.07, 6.45) is 12.2. The molecule has 246 valence electrons. The molecular formula is C35H48N2O8. The van der Waals surface area contributed by atoms with Crippen molar-refractivity contribution in [3.8, 4) is 23.7 Å². The lowest BCUT2D eigenvalue weighted by Gasteiger charge is -2.28. The van der Waals surface area contributed by atoms with Gasteiger partial charge in [0.1, 0.15) is 24.2 Å². The van der Waals surface area contributed by atoms with Crippen molar-refractivity contribution in [2.45, 2.75) is 115 Å². The number of amides is 1. The van der Waals surface area contributed by atoms with Crippen molar-refractivity contribution in [2.75, 3.05) is 6.61 Å². The summed E-state index contributed by atoms with van der Waals surface area (Å²) in [7, 11) is 0. The molecule has 1 aromatic carbocycles. The van der Waals surface area contributed by atoms with Crippen LogP contribution in [0.5, 0.6) is 5.75 Å². The minimum atomic E-state index is -2.75. The number of Topliss-reactive ketones (excluding diaryl/α,β-unsaturated/α-hetero) is 1. The van der Waals surface area contributed by atoms with Gasteiger partial charge >= 0.3 is 11.9 Å². The Balaban J connectivity index is 2.77. The second kappa shape index (κ2) is 22.4. The van der Waals surface area contributed by atoms with Gasteiger partial charge in [-0.25, -0.2) is 9.59 Å². The van der Waals surface area contributed by atoms with Crippen LogP contribution in [0.25, 0.3) is 0 Å². The molecule has 0 aromatic heterocycles. The number of nitrogens with one attached hydrogen (secondary N) is 1. The van der Waals surface area contributed by atoms with Crippen LogP contribution in [0.2, 0.25) is 0 Å². The molecule has 0 bridgehead atoms. The number of hydrogen-bond acceptors (Lipinski definition) is 7. The van der Waals surface area contributed by atoms with Crippen molar-refractivity contribution >= 4 is 23.6 Å². The van der Waals surface area contributed by atoms with Crippen molar-refractivity contribution in [3.05, 3.63) is 42.0 Å². The van der Waals surface area contributed by atoms with Crippen LogP contribution in [0.15, 0.2) is 36.4 Å².